The molecule has 25 heavy (non-hydrogen) atoms. The van der Waals surface area contributed by atoms with Crippen LogP contribution in [-0.2, 0) is 6.54 Å². The summed E-state index contributed by atoms with van der Waals surface area (Å²) in [4.78, 5) is 12.4. The Morgan fingerprint density at radius 2 is 2.20 bits per heavy atom. The molecule has 0 spiro atoms. The van der Waals surface area contributed by atoms with Gasteiger partial charge < -0.3 is 15.1 Å². The van der Waals surface area contributed by atoms with Crippen molar-refractivity contribution in [1.29, 1.82) is 0 Å². The number of likely N-dealkylation sites (tertiary alicyclic amines) is 1. The van der Waals surface area contributed by atoms with E-state index in [1.807, 2.05) is 12.3 Å². The van der Waals surface area contributed by atoms with Crippen LogP contribution in [0, 0.1) is 6.92 Å². The summed E-state index contributed by atoms with van der Waals surface area (Å²) < 4.78 is 5.70. The van der Waals surface area contributed by atoms with Gasteiger partial charge in [0.15, 0.2) is 5.96 Å². The monoisotopic (exact) mass is 361 g/mol. The molecule has 1 unspecified atom stereocenters. The van der Waals surface area contributed by atoms with E-state index >= 15 is 0 Å². The number of hydrogen-bond donors (Lipinski definition) is 2. The number of nitrogens with one attached hydrogen (secondary N) is 2. The molecule has 0 saturated carbocycles. The van der Waals surface area contributed by atoms with Crippen molar-refractivity contribution in [2.24, 2.45) is 4.99 Å². The van der Waals surface area contributed by atoms with Crippen molar-refractivity contribution in [3.8, 4) is 0 Å². The molecule has 1 fully saturated rings. The van der Waals surface area contributed by atoms with E-state index in [2.05, 4.69) is 38.5 Å². The second-order valence-corrected chi connectivity index (χ2v) is 7.62. The third-order valence-electron chi connectivity index (χ3n) is 4.47. The van der Waals surface area contributed by atoms with Crippen molar-refractivity contribution in [3.63, 3.8) is 0 Å². The molecular formula is C18H27N5OS. The molecule has 2 aromatic rings. The SMILES string of the molecule is CN=C(NCc1ncc(C)s1)NCC(c1ccco1)N1CCCCC1. The Balaban J connectivity index is 1.57. The van der Waals surface area contributed by atoms with Crippen molar-refractivity contribution in [1.82, 2.24) is 20.5 Å². The van der Waals surface area contributed by atoms with Gasteiger partial charge in [-0.05, 0) is 45.0 Å². The van der Waals surface area contributed by atoms with Gasteiger partial charge in [-0.3, -0.25) is 9.89 Å². The molecule has 1 aliphatic rings. The van der Waals surface area contributed by atoms with E-state index in [0.717, 1.165) is 36.4 Å². The minimum absolute atomic E-state index is 0.232. The van der Waals surface area contributed by atoms with Crippen molar-refractivity contribution in [2.75, 3.05) is 26.7 Å². The predicted octanol–water partition coefficient (Wildman–Crippen LogP) is 2.94. The Morgan fingerprint density at radius 1 is 1.36 bits per heavy atom. The van der Waals surface area contributed by atoms with Crippen LogP contribution in [0.1, 0.15) is 40.9 Å². The minimum atomic E-state index is 0.232. The zero-order valence-electron chi connectivity index (χ0n) is 15.0. The lowest BCUT2D eigenvalue weighted by atomic mass is 10.1. The highest BCUT2D eigenvalue weighted by molar-refractivity contribution is 7.11. The summed E-state index contributed by atoms with van der Waals surface area (Å²) in [5.41, 5.74) is 0. The molecule has 3 heterocycles. The van der Waals surface area contributed by atoms with Gasteiger partial charge in [-0.2, -0.15) is 0 Å². The van der Waals surface area contributed by atoms with Crippen molar-refractivity contribution < 1.29 is 4.42 Å². The van der Waals surface area contributed by atoms with Crippen LogP contribution < -0.4 is 10.6 Å². The minimum Gasteiger partial charge on any atom is -0.468 e. The highest BCUT2D eigenvalue weighted by Gasteiger charge is 2.24. The summed E-state index contributed by atoms with van der Waals surface area (Å²) in [5.74, 6) is 1.81. The van der Waals surface area contributed by atoms with Crippen LogP contribution in [-0.4, -0.2) is 42.5 Å². The molecule has 0 radical (unpaired) electrons. The van der Waals surface area contributed by atoms with E-state index in [4.69, 9.17) is 4.42 Å². The number of aliphatic imine (C=N–C) groups is 1. The second kappa shape index (κ2) is 9.01. The van der Waals surface area contributed by atoms with Crippen LogP contribution in [0.15, 0.2) is 34.0 Å². The van der Waals surface area contributed by atoms with Crippen LogP contribution in [0.3, 0.4) is 0 Å². The van der Waals surface area contributed by atoms with Gasteiger partial charge in [0.05, 0.1) is 18.8 Å². The first-order valence-corrected chi connectivity index (χ1v) is 9.71. The quantitative estimate of drug-likeness (QED) is 0.612. The second-order valence-electron chi connectivity index (χ2n) is 6.30. The number of thiazole rings is 1. The van der Waals surface area contributed by atoms with Crippen LogP contribution in [0.2, 0.25) is 0 Å². The molecule has 2 N–H and O–H groups in total. The molecule has 1 aliphatic heterocycles. The van der Waals surface area contributed by atoms with Crippen LogP contribution in [0.4, 0.5) is 0 Å². The van der Waals surface area contributed by atoms with Gasteiger partial charge in [0.2, 0.25) is 0 Å². The normalized spacial score (nSPS) is 17.4. The zero-order valence-corrected chi connectivity index (χ0v) is 15.8. The molecule has 1 atom stereocenters. The Bertz CT molecular complexity index is 661. The fraction of sp³-hybridized carbons (Fsp3) is 0.556. The summed E-state index contributed by atoms with van der Waals surface area (Å²) in [6.45, 7) is 5.77. The molecule has 0 amide bonds. The highest BCUT2D eigenvalue weighted by atomic mass is 32.1. The first-order valence-electron chi connectivity index (χ1n) is 8.89. The third-order valence-corrected chi connectivity index (χ3v) is 5.38. The summed E-state index contributed by atoms with van der Waals surface area (Å²) in [6, 6.07) is 4.26. The summed E-state index contributed by atoms with van der Waals surface area (Å²) in [6.07, 6.45) is 7.50. The van der Waals surface area contributed by atoms with Crippen molar-refractivity contribution in [3.05, 3.63) is 40.2 Å². The fourth-order valence-electron chi connectivity index (χ4n) is 3.18. The average Bonchev–Trinajstić information content (AvgIpc) is 3.31. The van der Waals surface area contributed by atoms with E-state index < -0.39 is 0 Å². The number of hydrogen-bond acceptors (Lipinski definition) is 5. The van der Waals surface area contributed by atoms with Gasteiger partial charge in [-0.15, -0.1) is 11.3 Å². The first-order chi connectivity index (χ1) is 12.3. The van der Waals surface area contributed by atoms with E-state index in [0.29, 0.717) is 6.54 Å². The number of piperidine rings is 1. The Labute approximate surface area is 153 Å². The molecule has 0 aliphatic carbocycles. The number of aromatic nitrogens is 1. The summed E-state index contributed by atoms with van der Waals surface area (Å²) >= 11 is 1.71. The van der Waals surface area contributed by atoms with Gasteiger partial charge in [-0.1, -0.05) is 6.42 Å². The Hall–Kier alpha value is -1.86. The van der Waals surface area contributed by atoms with Gasteiger partial charge in [-0.25, -0.2) is 4.98 Å². The molecule has 3 rings (SSSR count). The molecular weight excluding hydrogens is 334 g/mol. The number of rotatable bonds is 6. The molecule has 2 aromatic heterocycles. The number of guanidine groups is 1. The van der Waals surface area contributed by atoms with Gasteiger partial charge in [0, 0.05) is 24.7 Å². The fourth-order valence-corrected chi connectivity index (χ4v) is 3.90. The van der Waals surface area contributed by atoms with Crippen molar-refractivity contribution >= 4 is 17.3 Å². The van der Waals surface area contributed by atoms with Gasteiger partial charge in [0.25, 0.3) is 0 Å². The lowest BCUT2D eigenvalue weighted by molar-refractivity contribution is 0.146. The molecule has 136 valence electrons. The van der Waals surface area contributed by atoms with Gasteiger partial charge in [0.1, 0.15) is 10.8 Å². The number of aryl methyl sites for hydroxylation is 1. The van der Waals surface area contributed by atoms with Gasteiger partial charge >= 0.3 is 0 Å². The number of furan rings is 1. The maximum atomic E-state index is 5.70. The Morgan fingerprint density at radius 3 is 2.84 bits per heavy atom. The molecule has 0 bridgehead atoms. The third kappa shape index (κ3) is 5.06. The predicted molar refractivity (Wildman–Crippen MR) is 102 cm³/mol. The molecule has 0 aromatic carbocycles. The lowest BCUT2D eigenvalue weighted by Crippen LogP contribution is -2.44. The van der Waals surface area contributed by atoms with E-state index in [9.17, 15) is 0 Å². The smallest absolute Gasteiger partial charge is 0.191 e. The molecule has 1 saturated heterocycles. The summed E-state index contributed by atoms with van der Waals surface area (Å²) in [7, 11) is 1.80. The summed E-state index contributed by atoms with van der Waals surface area (Å²) in [5, 5.41) is 7.86. The average molecular weight is 362 g/mol. The lowest BCUT2D eigenvalue weighted by Gasteiger charge is -2.33. The van der Waals surface area contributed by atoms with Crippen LogP contribution in [0.5, 0.6) is 0 Å². The van der Waals surface area contributed by atoms with Crippen LogP contribution >= 0.6 is 11.3 Å². The van der Waals surface area contributed by atoms with E-state index in [1.165, 1.54) is 24.1 Å². The van der Waals surface area contributed by atoms with E-state index in [1.54, 1.807) is 24.6 Å². The maximum absolute atomic E-state index is 5.70. The Kier molecular flexibility index (Phi) is 6.47. The molecule has 6 nitrogen and oxygen atoms in total. The number of nitrogens with zero attached hydrogens (tertiary/aromatic N) is 3. The maximum Gasteiger partial charge on any atom is 0.191 e. The molecule has 7 heteroatoms. The van der Waals surface area contributed by atoms with E-state index in [-0.39, 0.29) is 6.04 Å². The highest BCUT2D eigenvalue weighted by Crippen LogP contribution is 2.24. The topological polar surface area (TPSA) is 65.7 Å². The van der Waals surface area contributed by atoms with Crippen LogP contribution in [0.25, 0.3) is 0 Å². The zero-order chi connectivity index (χ0) is 17.5. The largest absolute Gasteiger partial charge is 0.468 e. The van der Waals surface area contributed by atoms with Crippen molar-refractivity contribution in [2.45, 2.75) is 38.8 Å². The first kappa shape index (κ1) is 17.9. The standard InChI is InChI=1S/C18H27N5OS/c1-14-11-20-17(25-14)13-22-18(19-2)21-12-15(16-7-6-10-24-16)23-8-4-3-5-9-23/h6-7,10-11,15H,3-5,8-9,12-13H2,1-2H3,(H2,19,21,22).